The van der Waals surface area contributed by atoms with Crippen molar-refractivity contribution in [1.29, 1.82) is 0 Å². The van der Waals surface area contributed by atoms with Gasteiger partial charge in [0.25, 0.3) is 0 Å². The number of carboxylic acids is 1. The molecular formula is C21H23N5O2. The lowest BCUT2D eigenvalue weighted by Gasteiger charge is -2.34. The van der Waals surface area contributed by atoms with Gasteiger partial charge in [-0.25, -0.2) is 14.8 Å². The Balaban J connectivity index is 1.58. The molecule has 4 heterocycles. The van der Waals surface area contributed by atoms with Gasteiger partial charge >= 0.3 is 5.97 Å². The number of hydrogen-bond acceptors (Lipinski definition) is 5. The molecule has 7 nitrogen and oxygen atoms in total. The molecule has 4 rings (SSSR count). The lowest BCUT2D eigenvalue weighted by atomic mass is 9.96. The van der Waals surface area contributed by atoms with E-state index in [9.17, 15) is 9.90 Å². The molecule has 0 spiro atoms. The lowest BCUT2D eigenvalue weighted by Crippen LogP contribution is -2.37. The highest BCUT2D eigenvalue weighted by atomic mass is 16.4. The van der Waals surface area contributed by atoms with Gasteiger partial charge in [0.1, 0.15) is 17.2 Å². The van der Waals surface area contributed by atoms with Crippen LogP contribution in [0.5, 0.6) is 0 Å². The molecule has 3 aromatic heterocycles. The summed E-state index contributed by atoms with van der Waals surface area (Å²) in [7, 11) is 0. The molecule has 0 aromatic carbocycles. The number of carbonyl (C=O) groups is 1. The molecule has 0 bridgehead atoms. The fourth-order valence-electron chi connectivity index (χ4n) is 3.81. The van der Waals surface area contributed by atoms with Crippen LogP contribution in [-0.2, 0) is 6.54 Å². The summed E-state index contributed by atoms with van der Waals surface area (Å²) < 4.78 is 2.14. The first kappa shape index (κ1) is 18.2. The number of rotatable bonds is 5. The number of hydrogen-bond donors (Lipinski definition) is 1. The van der Waals surface area contributed by atoms with Crippen LogP contribution in [0.25, 0.3) is 0 Å². The van der Waals surface area contributed by atoms with Crippen molar-refractivity contribution in [2.45, 2.75) is 32.2 Å². The van der Waals surface area contributed by atoms with Crippen molar-refractivity contribution in [1.82, 2.24) is 19.5 Å². The van der Waals surface area contributed by atoms with Crippen LogP contribution in [0.1, 0.15) is 46.3 Å². The zero-order valence-electron chi connectivity index (χ0n) is 15.8. The summed E-state index contributed by atoms with van der Waals surface area (Å²) in [6.07, 6.45) is 7.59. The Morgan fingerprint density at radius 3 is 2.89 bits per heavy atom. The maximum atomic E-state index is 11.7. The van der Waals surface area contributed by atoms with Crippen molar-refractivity contribution < 1.29 is 9.90 Å². The summed E-state index contributed by atoms with van der Waals surface area (Å²) >= 11 is 0. The zero-order chi connectivity index (χ0) is 19.5. The Bertz CT molecular complexity index is 970. The van der Waals surface area contributed by atoms with Crippen LogP contribution in [0, 0.1) is 6.92 Å². The number of nitrogens with zero attached hydrogens (tertiary/aromatic N) is 5. The van der Waals surface area contributed by atoms with E-state index in [0.29, 0.717) is 18.9 Å². The van der Waals surface area contributed by atoms with Gasteiger partial charge in [-0.15, -0.1) is 0 Å². The Kier molecular flexibility index (Phi) is 5.06. The molecule has 28 heavy (non-hydrogen) atoms. The van der Waals surface area contributed by atoms with E-state index in [1.54, 1.807) is 18.3 Å². The van der Waals surface area contributed by atoms with E-state index in [2.05, 4.69) is 24.4 Å². The third-order valence-electron chi connectivity index (χ3n) is 5.14. The minimum Gasteiger partial charge on any atom is -0.478 e. The molecule has 0 aliphatic carbocycles. The van der Waals surface area contributed by atoms with Crippen LogP contribution < -0.4 is 4.90 Å². The molecule has 1 N–H and O–H groups in total. The smallest absolute Gasteiger partial charge is 0.339 e. The molecule has 1 aliphatic rings. The molecule has 0 saturated carbocycles. The second-order valence-electron chi connectivity index (χ2n) is 7.15. The average molecular weight is 377 g/mol. The summed E-state index contributed by atoms with van der Waals surface area (Å²) in [6, 6.07) is 9.29. The van der Waals surface area contributed by atoms with E-state index < -0.39 is 5.97 Å². The van der Waals surface area contributed by atoms with Crippen molar-refractivity contribution in [3.8, 4) is 0 Å². The van der Waals surface area contributed by atoms with Crippen molar-refractivity contribution in [2.75, 3.05) is 18.0 Å². The van der Waals surface area contributed by atoms with Crippen LogP contribution in [0.3, 0.4) is 0 Å². The number of aromatic carboxylic acids is 1. The molecule has 1 fully saturated rings. The van der Waals surface area contributed by atoms with Gasteiger partial charge in [0.15, 0.2) is 0 Å². The van der Waals surface area contributed by atoms with Crippen LogP contribution in [0.4, 0.5) is 5.82 Å². The van der Waals surface area contributed by atoms with Gasteiger partial charge in [0.05, 0.1) is 12.2 Å². The van der Waals surface area contributed by atoms with Crippen molar-refractivity contribution in [3.05, 3.63) is 71.7 Å². The second-order valence-corrected chi connectivity index (χ2v) is 7.15. The molecule has 0 amide bonds. The number of aromatic nitrogens is 4. The first-order valence-corrected chi connectivity index (χ1v) is 9.48. The molecule has 1 atom stereocenters. The molecule has 144 valence electrons. The Morgan fingerprint density at radius 1 is 1.21 bits per heavy atom. The number of aryl methyl sites for hydroxylation is 1. The second kappa shape index (κ2) is 7.80. The predicted octanol–water partition coefficient (Wildman–Crippen LogP) is 3.11. The highest BCUT2D eigenvalue weighted by molar-refractivity contribution is 5.93. The van der Waals surface area contributed by atoms with Crippen molar-refractivity contribution in [3.63, 3.8) is 0 Å². The summed E-state index contributed by atoms with van der Waals surface area (Å²) in [5, 5.41) is 9.56. The van der Waals surface area contributed by atoms with Gasteiger partial charge in [-0.3, -0.25) is 4.98 Å². The van der Waals surface area contributed by atoms with Crippen molar-refractivity contribution in [2.24, 2.45) is 0 Å². The molecule has 3 aromatic rings. The third kappa shape index (κ3) is 3.74. The minimum absolute atomic E-state index is 0.219. The van der Waals surface area contributed by atoms with Crippen LogP contribution in [0.15, 0.2) is 48.9 Å². The average Bonchev–Trinajstić information content (AvgIpc) is 3.16. The summed E-state index contributed by atoms with van der Waals surface area (Å²) in [4.78, 5) is 27.3. The van der Waals surface area contributed by atoms with Crippen LogP contribution >= 0.6 is 0 Å². The maximum Gasteiger partial charge on any atom is 0.339 e. The minimum atomic E-state index is -0.943. The van der Waals surface area contributed by atoms with E-state index >= 15 is 0 Å². The molecule has 7 heteroatoms. The highest BCUT2D eigenvalue weighted by Crippen LogP contribution is 2.30. The summed E-state index contributed by atoms with van der Waals surface area (Å²) in [5.74, 6) is 0.845. The van der Waals surface area contributed by atoms with E-state index in [1.165, 1.54) is 0 Å². The van der Waals surface area contributed by atoms with Crippen LogP contribution in [-0.4, -0.2) is 43.7 Å². The van der Waals surface area contributed by atoms with Gasteiger partial charge < -0.3 is 14.6 Å². The maximum absolute atomic E-state index is 11.7. The largest absolute Gasteiger partial charge is 0.478 e. The topological polar surface area (TPSA) is 84.1 Å². The lowest BCUT2D eigenvalue weighted by molar-refractivity contribution is 0.0697. The Morgan fingerprint density at radius 2 is 2.11 bits per heavy atom. The van der Waals surface area contributed by atoms with E-state index in [-0.39, 0.29) is 11.5 Å². The van der Waals surface area contributed by atoms with Gasteiger partial charge in [0.2, 0.25) is 0 Å². The quantitative estimate of drug-likeness (QED) is 0.735. The molecule has 1 aliphatic heterocycles. The van der Waals surface area contributed by atoms with Gasteiger partial charge in [-0.2, -0.15) is 0 Å². The summed E-state index contributed by atoms with van der Waals surface area (Å²) in [5.41, 5.74) is 2.06. The fraction of sp³-hybridized carbons (Fsp3) is 0.333. The SMILES string of the molecule is Cc1ccc(C(=O)O)c(N2CCC[C@@H](c3nccn3Cc3ccccn3)C2)n1. The van der Waals surface area contributed by atoms with Crippen molar-refractivity contribution >= 4 is 11.8 Å². The molecular weight excluding hydrogens is 354 g/mol. The zero-order valence-corrected chi connectivity index (χ0v) is 15.8. The number of piperidine rings is 1. The van der Waals surface area contributed by atoms with Gasteiger partial charge in [-0.05, 0) is 44.0 Å². The fourth-order valence-corrected chi connectivity index (χ4v) is 3.81. The van der Waals surface area contributed by atoms with E-state index in [4.69, 9.17) is 0 Å². The first-order valence-electron chi connectivity index (χ1n) is 9.48. The van der Waals surface area contributed by atoms with E-state index in [0.717, 1.165) is 36.6 Å². The standard InChI is InChI=1S/C21H23N5O2/c1-15-7-8-18(21(27)28)20(24-15)25-11-4-5-16(13-25)19-23-10-12-26(19)14-17-6-2-3-9-22-17/h2-3,6-10,12,16H,4-5,11,13-14H2,1H3,(H,27,28)/t16-/m1/s1. The van der Waals surface area contributed by atoms with Gasteiger partial charge in [-0.1, -0.05) is 6.07 Å². The molecule has 0 unspecified atom stereocenters. The Hall–Kier alpha value is -3.22. The molecule has 1 saturated heterocycles. The number of anilines is 1. The number of carboxylic acid groups (broad SMARTS) is 1. The Labute approximate surface area is 163 Å². The number of pyridine rings is 2. The monoisotopic (exact) mass is 377 g/mol. The molecule has 0 radical (unpaired) electrons. The number of imidazole rings is 1. The normalized spacial score (nSPS) is 16.9. The van der Waals surface area contributed by atoms with Gasteiger partial charge in [0, 0.05) is 43.3 Å². The third-order valence-corrected chi connectivity index (χ3v) is 5.14. The summed E-state index contributed by atoms with van der Waals surface area (Å²) in [6.45, 7) is 4.07. The first-order chi connectivity index (χ1) is 13.6. The highest BCUT2D eigenvalue weighted by Gasteiger charge is 2.28. The van der Waals surface area contributed by atoms with E-state index in [1.807, 2.05) is 37.5 Å². The van der Waals surface area contributed by atoms with Crippen LogP contribution in [0.2, 0.25) is 0 Å². The predicted molar refractivity (Wildman–Crippen MR) is 106 cm³/mol.